The molecule has 0 aliphatic carbocycles. The van der Waals surface area contributed by atoms with Crippen molar-refractivity contribution in [3.8, 4) is 0 Å². The molecule has 0 bridgehead atoms. The van der Waals surface area contributed by atoms with Crippen LogP contribution in [0.4, 0.5) is 5.69 Å². The third-order valence-electron chi connectivity index (χ3n) is 5.76. The number of pyridine rings is 1. The number of para-hydroxylation sites is 1. The van der Waals surface area contributed by atoms with E-state index in [1.807, 2.05) is 75.4 Å². The van der Waals surface area contributed by atoms with Crippen molar-refractivity contribution in [2.75, 3.05) is 11.9 Å². The fourth-order valence-corrected chi connectivity index (χ4v) is 4.37. The highest BCUT2D eigenvalue weighted by Crippen LogP contribution is 2.37. The van der Waals surface area contributed by atoms with E-state index in [1.54, 1.807) is 11.1 Å². The molecule has 3 aromatic rings. The minimum absolute atomic E-state index is 0.0276. The molecule has 2 amide bonds. The molecule has 160 valence electrons. The second-order valence-corrected chi connectivity index (χ2v) is 9.45. The number of aromatic nitrogens is 1. The predicted molar refractivity (Wildman–Crippen MR) is 124 cm³/mol. The van der Waals surface area contributed by atoms with E-state index in [9.17, 15) is 9.59 Å². The van der Waals surface area contributed by atoms with E-state index in [1.165, 1.54) is 0 Å². The third kappa shape index (κ3) is 4.28. The number of halogens is 1. The topological polar surface area (TPSA) is 62.3 Å². The van der Waals surface area contributed by atoms with E-state index in [2.05, 4.69) is 10.3 Å². The van der Waals surface area contributed by atoms with Gasteiger partial charge in [-0.1, -0.05) is 62.7 Å². The van der Waals surface area contributed by atoms with Crippen molar-refractivity contribution < 1.29 is 9.59 Å². The van der Waals surface area contributed by atoms with Gasteiger partial charge >= 0.3 is 0 Å². The monoisotopic (exact) mass is 435 g/mol. The summed E-state index contributed by atoms with van der Waals surface area (Å²) in [6.07, 6.45) is 2.43. The van der Waals surface area contributed by atoms with Crippen LogP contribution in [0.25, 0.3) is 10.9 Å². The van der Waals surface area contributed by atoms with Gasteiger partial charge in [-0.3, -0.25) is 14.6 Å². The lowest BCUT2D eigenvalue weighted by molar-refractivity contribution is -0.143. The molecule has 5 nitrogen and oxygen atoms in total. The highest BCUT2D eigenvalue weighted by atomic mass is 35.5. The van der Waals surface area contributed by atoms with Gasteiger partial charge in [0.15, 0.2) is 0 Å². The Bertz CT molecular complexity index is 1120. The fraction of sp³-hybridized carbons (Fsp3) is 0.320. The average molecular weight is 436 g/mol. The van der Waals surface area contributed by atoms with E-state index >= 15 is 0 Å². The lowest BCUT2D eigenvalue weighted by Crippen LogP contribution is -2.49. The normalized spacial score (nSPS) is 18.9. The standard InChI is InChI=1S/C25H26ClN3O2/c1-25(2,3)24(31)29-15-13-19(16-9-11-18(26)12-10-16)22(29)23(30)28-20-8-4-6-17-7-5-14-27-21(17)20/h4-12,14,19,22H,13,15H2,1-3H3,(H,28,30)/t19-,22-/m0/s1. The lowest BCUT2D eigenvalue weighted by atomic mass is 9.89. The summed E-state index contributed by atoms with van der Waals surface area (Å²) in [6, 6.07) is 16.5. The molecule has 1 aliphatic rings. The molecule has 4 rings (SSSR count). The van der Waals surface area contributed by atoms with Gasteiger partial charge < -0.3 is 10.2 Å². The van der Waals surface area contributed by atoms with Gasteiger partial charge in [0.2, 0.25) is 11.8 Å². The Labute approximate surface area is 187 Å². The van der Waals surface area contributed by atoms with Crippen LogP contribution in [0.15, 0.2) is 60.8 Å². The molecule has 0 spiro atoms. The van der Waals surface area contributed by atoms with Crippen LogP contribution in [0.3, 0.4) is 0 Å². The Morgan fingerprint density at radius 1 is 1.06 bits per heavy atom. The van der Waals surface area contributed by atoms with Crippen molar-refractivity contribution in [2.45, 2.75) is 39.2 Å². The number of nitrogens with zero attached hydrogens (tertiary/aromatic N) is 2. The number of hydrogen-bond donors (Lipinski definition) is 1. The molecule has 31 heavy (non-hydrogen) atoms. The van der Waals surface area contributed by atoms with Crippen LogP contribution in [0.1, 0.15) is 38.7 Å². The molecular weight excluding hydrogens is 410 g/mol. The van der Waals surface area contributed by atoms with Crippen LogP contribution in [0, 0.1) is 5.41 Å². The number of carbonyl (C=O) groups excluding carboxylic acids is 2. The van der Waals surface area contributed by atoms with Gasteiger partial charge in [-0.25, -0.2) is 0 Å². The zero-order valence-corrected chi connectivity index (χ0v) is 18.7. The molecule has 1 aliphatic heterocycles. The molecule has 2 heterocycles. The first-order chi connectivity index (χ1) is 14.8. The maximum absolute atomic E-state index is 13.6. The summed E-state index contributed by atoms with van der Waals surface area (Å²) >= 11 is 6.07. The number of rotatable bonds is 3. The van der Waals surface area contributed by atoms with Crippen LogP contribution < -0.4 is 5.32 Å². The Balaban J connectivity index is 1.70. The molecule has 1 saturated heterocycles. The highest BCUT2D eigenvalue weighted by molar-refractivity contribution is 6.30. The van der Waals surface area contributed by atoms with E-state index in [-0.39, 0.29) is 17.7 Å². The number of carbonyl (C=O) groups is 2. The van der Waals surface area contributed by atoms with Crippen LogP contribution in [0.2, 0.25) is 5.02 Å². The first-order valence-electron chi connectivity index (χ1n) is 10.5. The summed E-state index contributed by atoms with van der Waals surface area (Å²) in [5.41, 5.74) is 1.81. The molecule has 2 atom stereocenters. The number of hydrogen-bond acceptors (Lipinski definition) is 3. The second-order valence-electron chi connectivity index (χ2n) is 9.01. The van der Waals surface area contributed by atoms with Gasteiger partial charge in [-0.15, -0.1) is 0 Å². The summed E-state index contributed by atoms with van der Waals surface area (Å²) in [5.74, 6) is -0.333. The van der Waals surface area contributed by atoms with E-state index in [0.29, 0.717) is 17.3 Å². The van der Waals surface area contributed by atoms with Crippen LogP contribution in [-0.2, 0) is 9.59 Å². The predicted octanol–water partition coefficient (Wildman–Crippen LogP) is 5.26. The molecule has 0 radical (unpaired) electrons. The largest absolute Gasteiger partial charge is 0.330 e. The SMILES string of the molecule is CC(C)(C)C(=O)N1CC[C@@H](c2ccc(Cl)cc2)[C@H]1C(=O)Nc1cccc2cccnc12. The summed E-state index contributed by atoms with van der Waals surface area (Å²) in [4.78, 5) is 32.9. The second kappa shape index (κ2) is 8.31. The molecule has 6 heteroatoms. The Kier molecular flexibility index (Phi) is 5.71. The first-order valence-corrected chi connectivity index (χ1v) is 10.8. The van der Waals surface area contributed by atoms with Gasteiger partial charge in [0, 0.05) is 34.5 Å². The number of benzene rings is 2. The smallest absolute Gasteiger partial charge is 0.247 e. The van der Waals surface area contributed by atoms with Gasteiger partial charge in [-0.05, 0) is 36.2 Å². The Hall–Kier alpha value is -2.92. The molecule has 1 aromatic heterocycles. The Morgan fingerprint density at radius 3 is 2.48 bits per heavy atom. The van der Waals surface area contributed by atoms with Crippen molar-refractivity contribution >= 4 is 40.0 Å². The highest BCUT2D eigenvalue weighted by Gasteiger charge is 2.45. The lowest BCUT2D eigenvalue weighted by Gasteiger charge is -2.32. The van der Waals surface area contributed by atoms with Gasteiger partial charge in [-0.2, -0.15) is 0 Å². The van der Waals surface area contributed by atoms with Crippen LogP contribution in [-0.4, -0.2) is 34.3 Å². The zero-order valence-electron chi connectivity index (χ0n) is 17.9. The van der Waals surface area contributed by atoms with E-state index in [4.69, 9.17) is 11.6 Å². The Morgan fingerprint density at radius 2 is 1.77 bits per heavy atom. The van der Waals surface area contributed by atoms with Crippen LogP contribution >= 0.6 is 11.6 Å². The average Bonchev–Trinajstić information content (AvgIpc) is 3.18. The molecule has 1 fully saturated rings. The van der Waals surface area contributed by atoms with Gasteiger partial charge in [0.1, 0.15) is 6.04 Å². The minimum Gasteiger partial charge on any atom is -0.330 e. The quantitative estimate of drug-likeness (QED) is 0.610. The van der Waals surface area contributed by atoms with Crippen LogP contribution in [0.5, 0.6) is 0 Å². The van der Waals surface area contributed by atoms with Crippen molar-refractivity contribution in [3.05, 3.63) is 71.4 Å². The summed E-state index contributed by atoms with van der Waals surface area (Å²) in [5, 5.41) is 4.65. The molecule has 0 unspecified atom stereocenters. The van der Waals surface area contributed by atoms with Crippen molar-refractivity contribution in [1.82, 2.24) is 9.88 Å². The molecule has 1 N–H and O–H groups in total. The number of anilines is 1. The maximum atomic E-state index is 13.6. The molecule has 2 aromatic carbocycles. The number of likely N-dealkylation sites (tertiary alicyclic amines) is 1. The van der Waals surface area contributed by atoms with Crippen molar-refractivity contribution in [2.24, 2.45) is 5.41 Å². The van der Waals surface area contributed by atoms with E-state index in [0.717, 1.165) is 22.9 Å². The number of fused-ring (bicyclic) bond motifs is 1. The number of amides is 2. The fourth-order valence-electron chi connectivity index (χ4n) is 4.25. The summed E-state index contributed by atoms with van der Waals surface area (Å²) < 4.78 is 0. The molecular formula is C25H26ClN3O2. The zero-order chi connectivity index (χ0) is 22.2. The van der Waals surface area contributed by atoms with Crippen molar-refractivity contribution in [3.63, 3.8) is 0 Å². The van der Waals surface area contributed by atoms with E-state index < -0.39 is 11.5 Å². The van der Waals surface area contributed by atoms with Gasteiger partial charge in [0.25, 0.3) is 0 Å². The molecule has 0 saturated carbocycles. The summed E-state index contributed by atoms with van der Waals surface area (Å²) in [7, 11) is 0. The number of nitrogens with one attached hydrogen (secondary N) is 1. The van der Waals surface area contributed by atoms with Crippen molar-refractivity contribution in [1.29, 1.82) is 0 Å². The minimum atomic E-state index is -0.605. The summed E-state index contributed by atoms with van der Waals surface area (Å²) in [6.45, 7) is 6.19. The first kappa shape index (κ1) is 21.3. The maximum Gasteiger partial charge on any atom is 0.247 e. The third-order valence-corrected chi connectivity index (χ3v) is 6.01. The van der Waals surface area contributed by atoms with Gasteiger partial charge in [0.05, 0.1) is 11.2 Å².